The minimum absolute atomic E-state index is 0.361. The summed E-state index contributed by atoms with van der Waals surface area (Å²) in [4.78, 5) is 8.87. The summed E-state index contributed by atoms with van der Waals surface area (Å²) in [5.41, 5.74) is 0. The molecule has 0 N–H and O–H groups in total. The highest BCUT2D eigenvalue weighted by atomic mass is 16.5. The Bertz CT molecular complexity index is 294. The molecule has 18 heavy (non-hydrogen) atoms. The number of hydrogen-bond acceptors (Lipinski definition) is 4. The molecule has 2 heterocycles. The molecule has 0 bridgehead atoms. The first kappa shape index (κ1) is 13.4. The maximum atomic E-state index is 5.48. The van der Waals surface area contributed by atoms with Crippen molar-refractivity contribution in [2.24, 2.45) is 9.98 Å². The minimum atomic E-state index is 0.361. The summed E-state index contributed by atoms with van der Waals surface area (Å²) in [5.74, 6) is 1.92. The van der Waals surface area contributed by atoms with Gasteiger partial charge in [0.25, 0.3) is 0 Å². The Labute approximate surface area is 109 Å². The molecule has 4 heteroatoms. The van der Waals surface area contributed by atoms with Crippen molar-refractivity contribution >= 4 is 11.8 Å². The fourth-order valence-electron chi connectivity index (χ4n) is 2.25. The van der Waals surface area contributed by atoms with Crippen molar-refractivity contribution in [1.82, 2.24) is 0 Å². The zero-order valence-electron chi connectivity index (χ0n) is 11.5. The second-order valence-electron chi connectivity index (χ2n) is 5.28. The summed E-state index contributed by atoms with van der Waals surface area (Å²) < 4.78 is 11.0. The molecule has 102 valence electrons. The van der Waals surface area contributed by atoms with E-state index in [0.29, 0.717) is 12.1 Å². The summed E-state index contributed by atoms with van der Waals surface area (Å²) >= 11 is 0. The Hall–Kier alpha value is -1.06. The lowest BCUT2D eigenvalue weighted by Crippen LogP contribution is -2.01. The molecule has 0 amide bonds. The molecule has 0 radical (unpaired) electrons. The monoisotopic (exact) mass is 252 g/mol. The van der Waals surface area contributed by atoms with Crippen LogP contribution in [0.4, 0.5) is 0 Å². The van der Waals surface area contributed by atoms with Gasteiger partial charge < -0.3 is 9.47 Å². The molecule has 0 saturated heterocycles. The lowest BCUT2D eigenvalue weighted by atomic mass is 10.1. The first-order chi connectivity index (χ1) is 8.74. The summed E-state index contributed by atoms with van der Waals surface area (Å²) in [5, 5.41) is 0. The average molecular weight is 252 g/mol. The van der Waals surface area contributed by atoms with E-state index in [0.717, 1.165) is 37.9 Å². The molecule has 0 aromatic carbocycles. The Kier molecular flexibility index (Phi) is 5.02. The topological polar surface area (TPSA) is 43.2 Å². The predicted octanol–water partition coefficient (Wildman–Crippen LogP) is 2.96. The van der Waals surface area contributed by atoms with Crippen molar-refractivity contribution in [3.63, 3.8) is 0 Å². The van der Waals surface area contributed by atoms with Crippen LogP contribution < -0.4 is 0 Å². The van der Waals surface area contributed by atoms with E-state index in [4.69, 9.17) is 9.47 Å². The van der Waals surface area contributed by atoms with Crippen LogP contribution in [0.3, 0.4) is 0 Å². The molecule has 0 aromatic heterocycles. The second kappa shape index (κ2) is 6.76. The third-order valence-electron chi connectivity index (χ3n) is 3.24. The van der Waals surface area contributed by atoms with Gasteiger partial charge in [-0.2, -0.15) is 0 Å². The smallest absolute Gasteiger partial charge is 0.183 e. The lowest BCUT2D eigenvalue weighted by molar-refractivity contribution is 0.312. The van der Waals surface area contributed by atoms with Crippen molar-refractivity contribution < 1.29 is 9.47 Å². The maximum Gasteiger partial charge on any atom is 0.183 e. The fourth-order valence-corrected chi connectivity index (χ4v) is 2.25. The lowest BCUT2D eigenvalue weighted by Gasteiger charge is -2.03. The van der Waals surface area contributed by atoms with Crippen LogP contribution in [0.5, 0.6) is 0 Å². The fraction of sp³-hybridized carbons (Fsp3) is 0.857. The Morgan fingerprint density at radius 1 is 0.833 bits per heavy atom. The molecule has 2 atom stereocenters. The molecular formula is C14H24N2O2. The zero-order valence-corrected chi connectivity index (χ0v) is 11.5. The summed E-state index contributed by atoms with van der Waals surface area (Å²) in [6, 6.07) is 0.721. The Morgan fingerprint density at radius 3 is 1.61 bits per heavy atom. The first-order valence-corrected chi connectivity index (χ1v) is 7.13. The van der Waals surface area contributed by atoms with Crippen molar-refractivity contribution in [3.05, 3.63) is 0 Å². The number of hydrogen-bond donors (Lipinski definition) is 0. The van der Waals surface area contributed by atoms with Gasteiger partial charge in [0.2, 0.25) is 0 Å². The van der Waals surface area contributed by atoms with E-state index < -0.39 is 0 Å². The molecule has 2 aliphatic rings. The number of unbranched alkanes of at least 4 members (excludes halogenated alkanes) is 3. The van der Waals surface area contributed by atoms with E-state index in [1.165, 1.54) is 25.7 Å². The van der Waals surface area contributed by atoms with Gasteiger partial charge in [0.05, 0.1) is 12.1 Å². The normalized spacial score (nSPS) is 26.6. The minimum Gasteiger partial charge on any atom is -0.479 e. The molecular weight excluding hydrogens is 228 g/mol. The van der Waals surface area contributed by atoms with Gasteiger partial charge in [-0.3, -0.25) is 0 Å². The van der Waals surface area contributed by atoms with Crippen LogP contribution in [0.2, 0.25) is 0 Å². The van der Waals surface area contributed by atoms with Gasteiger partial charge in [0.15, 0.2) is 11.8 Å². The van der Waals surface area contributed by atoms with Crippen LogP contribution in [-0.4, -0.2) is 37.1 Å². The highest BCUT2D eigenvalue weighted by Crippen LogP contribution is 2.13. The van der Waals surface area contributed by atoms with Crippen LogP contribution in [0.1, 0.15) is 52.4 Å². The zero-order chi connectivity index (χ0) is 12.8. The number of ether oxygens (including phenoxy) is 2. The van der Waals surface area contributed by atoms with Crippen molar-refractivity contribution in [3.8, 4) is 0 Å². The van der Waals surface area contributed by atoms with E-state index in [-0.39, 0.29) is 0 Å². The van der Waals surface area contributed by atoms with Crippen molar-refractivity contribution in [2.45, 2.75) is 64.5 Å². The van der Waals surface area contributed by atoms with E-state index >= 15 is 0 Å². The van der Waals surface area contributed by atoms with E-state index in [1.54, 1.807) is 0 Å². The Balaban J connectivity index is 1.47. The molecule has 0 aliphatic carbocycles. The van der Waals surface area contributed by atoms with Crippen LogP contribution in [0.15, 0.2) is 9.98 Å². The van der Waals surface area contributed by atoms with E-state index in [2.05, 4.69) is 23.8 Å². The van der Waals surface area contributed by atoms with Gasteiger partial charge in [-0.1, -0.05) is 12.8 Å². The average Bonchev–Trinajstić information content (AvgIpc) is 2.93. The van der Waals surface area contributed by atoms with Gasteiger partial charge in [0, 0.05) is 12.8 Å². The van der Waals surface area contributed by atoms with Crippen LogP contribution in [0, 0.1) is 0 Å². The van der Waals surface area contributed by atoms with Gasteiger partial charge in [-0.05, 0) is 26.7 Å². The molecule has 0 saturated carbocycles. The van der Waals surface area contributed by atoms with Gasteiger partial charge >= 0.3 is 0 Å². The maximum absolute atomic E-state index is 5.48. The van der Waals surface area contributed by atoms with Crippen LogP contribution in [-0.2, 0) is 9.47 Å². The molecule has 0 spiro atoms. The number of rotatable bonds is 7. The summed E-state index contributed by atoms with van der Waals surface area (Å²) in [6.07, 6.45) is 6.82. The third-order valence-corrected chi connectivity index (χ3v) is 3.24. The molecule has 2 aliphatic heterocycles. The number of nitrogens with zero attached hydrogens (tertiary/aromatic N) is 2. The summed E-state index contributed by atoms with van der Waals surface area (Å²) in [6.45, 7) is 5.72. The SMILES string of the molecule is CC1COC(CCCCCCC2=NC(C)CO2)=N1. The molecule has 2 rings (SSSR count). The van der Waals surface area contributed by atoms with E-state index in [1.807, 2.05) is 0 Å². The standard InChI is InChI=1S/C14H24N2O2/c1-11-9-17-13(15-11)7-5-3-4-6-8-14-16-12(2)10-18-14/h11-12H,3-10H2,1-2H3. The Morgan fingerprint density at radius 2 is 1.28 bits per heavy atom. The second-order valence-corrected chi connectivity index (χ2v) is 5.28. The molecule has 0 aromatic rings. The predicted molar refractivity (Wildman–Crippen MR) is 73.4 cm³/mol. The number of aliphatic imine (C=N–C) groups is 2. The highest BCUT2D eigenvalue weighted by molar-refractivity contribution is 5.78. The van der Waals surface area contributed by atoms with E-state index in [9.17, 15) is 0 Å². The molecule has 2 unspecified atom stereocenters. The highest BCUT2D eigenvalue weighted by Gasteiger charge is 2.14. The molecule has 4 nitrogen and oxygen atoms in total. The first-order valence-electron chi connectivity index (χ1n) is 7.13. The molecule has 0 fully saturated rings. The third kappa shape index (κ3) is 4.31. The van der Waals surface area contributed by atoms with Crippen LogP contribution in [0.25, 0.3) is 0 Å². The quantitative estimate of drug-likeness (QED) is 0.654. The van der Waals surface area contributed by atoms with Gasteiger partial charge in [0.1, 0.15) is 13.2 Å². The van der Waals surface area contributed by atoms with Gasteiger partial charge in [-0.25, -0.2) is 9.98 Å². The van der Waals surface area contributed by atoms with Gasteiger partial charge in [-0.15, -0.1) is 0 Å². The summed E-state index contributed by atoms with van der Waals surface area (Å²) in [7, 11) is 0. The largest absolute Gasteiger partial charge is 0.479 e. The van der Waals surface area contributed by atoms with Crippen molar-refractivity contribution in [2.75, 3.05) is 13.2 Å². The van der Waals surface area contributed by atoms with Crippen LogP contribution >= 0.6 is 0 Å². The van der Waals surface area contributed by atoms with Crippen molar-refractivity contribution in [1.29, 1.82) is 0 Å².